The molecule has 0 atom stereocenters. The molecule has 0 saturated carbocycles. The van der Waals surface area contributed by atoms with E-state index >= 15 is 0 Å². The third-order valence-electron chi connectivity index (χ3n) is 3.93. The Hall–Kier alpha value is -2.44. The van der Waals surface area contributed by atoms with Crippen molar-refractivity contribution in [2.24, 2.45) is 0 Å². The van der Waals surface area contributed by atoms with Crippen LogP contribution in [0.15, 0.2) is 18.2 Å². The highest BCUT2D eigenvalue weighted by molar-refractivity contribution is 5.89. The summed E-state index contributed by atoms with van der Waals surface area (Å²) in [6.07, 6.45) is 0. The highest BCUT2D eigenvalue weighted by atomic mass is 19.1. The fraction of sp³-hybridized carbons (Fsp3) is 0.438. The summed E-state index contributed by atoms with van der Waals surface area (Å²) in [5.41, 5.74) is 1.10. The van der Waals surface area contributed by atoms with Crippen LogP contribution in [-0.2, 0) is 13.1 Å². The van der Waals surface area contributed by atoms with Crippen molar-refractivity contribution in [3.8, 4) is 0 Å². The lowest BCUT2D eigenvalue weighted by atomic mass is 10.0. The number of aromatic nitrogens is 3. The molecule has 1 aromatic carbocycles. The summed E-state index contributed by atoms with van der Waals surface area (Å²) in [7, 11) is 0. The predicted octanol–water partition coefficient (Wildman–Crippen LogP) is 2.90. The molecule has 1 aromatic heterocycles. The molecule has 1 aliphatic rings. The van der Waals surface area contributed by atoms with Crippen molar-refractivity contribution in [1.29, 1.82) is 0 Å². The summed E-state index contributed by atoms with van der Waals surface area (Å²) in [6, 6.07) is 4.55. The maximum atomic E-state index is 14.0. The number of urea groups is 1. The van der Waals surface area contributed by atoms with Gasteiger partial charge in [0.1, 0.15) is 17.5 Å². The Morgan fingerprint density at radius 2 is 2.13 bits per heavy atom. The lowest BCUT2D eigenvalue weighted by Crippen LogP contribution is -2.41. The Morgan fingerprint density at radius 1 is 1.35 bits per heavy atom. The molecular weight excluding hydrogens is 297 g/mol. The fourth-order valence-electron chi connectivity index (χ4n) is 2.71. The van der Waals surface area contributed by atoms with E-state index in [1.165, 1.54) is 6.07 Å². The van der Waals surface area contributed by atoms with Crippen LogP contribution in [0.2, 0.25) is 0 Å². The first-order valence-corrected chi connectivity index (χ1v) is 7.69. The third kappa shape index (κ3) is 3.18. The zero-order valence-corrected chi connectivity index (χ0v) is 13.5. The molecule has 122 valence electrons. The van der Waals surface area contributed by atoms with Gasteiger partial charge in [-0.3, -0.25) is 0 Å². The number of nitrogens with zero attached hydrogens (tertiary/aromatic N) is 4. The average molecular weight is 317 g/mol. The molecule has 6 nitrogen and oxygen atoms in total. The predicted molar refractivity (Wildman–Crippen MR) is 84.7 cm³/mol. The largest absolute Gasteiger partial charge is 0.322 e. The van der Waals surface area contributed by atoms with Gasteiger partial charge in [0.05, 0.1) is 13.1 Å². The van der Waals surface area contributed by atoms with Gasteiger partial charge in [0.2, 0.25) is 0 Å². The molecule has 2 aromatic rings. The van der Waals surface area contributed by atoms with E-state index in [1.54, 1.807) is 17.0 Å². The van der Waals surface area contributed by atoms with E-state index in [-0.39, 0.29) is 17.8 Å². The number of anilines is 1. The molecule has 2 heterocycles. The molecular formula is C16H20FN5O. The second kappa shape index (κ2) is 5.98. The molecule has 0 fully saturated rings. The molecule has 7 heteroatoms. The van der Waals surface area contributed by atoms with Gasteiger partial charge in [-0.25, -0.2) is 18.9 Å². The normalized spacial score (nSPS) is 14.0. The summed E-state index contributed by atoms with van der Waals surface area (Å²) in [4.78, 5) is 18.3. The van der Waals surface area contributed by atoms with Crippen LogP contribution in [-0.4, -0.2) is 32.2 Å². The SMILES string of the molecule is Cc1nc2n(n1)CCN(C(=O)Nc1ccc(C(C)C)c(F)c1)C2. The lowest BCUT2D eigenvalue weighted by Gasteiger charge is -2.27. The number of amides is 2. The van der Waals surface area contributed by atoms with Crippen molar-refractivity contribution in [2.75, 3.05) is 11.9 Å². The molecule has 0 aliphatic carbocycles. The summed E-state index contributed by atoms with van der Waals surface area (Å²) < 4.78 is 15.8. The van der Waals surface area contributed by atoms with Gasteiger partial charge in [-0.1, -0.05) is 19.9 Å². The highest BCUT2D eigenvalue weighted by Gasteiger charge is 2.23. The Bertz CT molecular complexity index is 740. The smallest absolute Gasteiger partial charge is 0.315 e. The number of rotatable bonds is 2. The number of hydrogen-bond acceptors (Lipinski definition) is 3. The van der Waals surface area contributed by atoms with Gasteiger partial charge in [0.15, 0.2) is 0 Å². The molecule has 1 aliphatic heterocycles. The van der Waals surface area contributed by atoms with E-state index in [9.17, 15) is 9.18 Å². The minimum atomic E-state index is -0.299. The van der Waals surface area contributed by atoms with Crippen LogP contribution in [0, 0.1) is 12.7 Å². The van der Waals surface area contributed by atoms with Gasteiger partial charge < -0.3 is 10.2 Å². The molecule has 0 unspecified atom stereocenters. The second-order valence-electron chi connectivity index (χ2n) is 6.04. The van der Waals surface area contributed by atoms with Gasteiger partial charge in [-0.15, -0.1) is 0 Å². The highest BCUT2D eigenvalue weighted by Crippen LogP contribution is 2.22. The summed E-state index contributed by atoms with van der Waals surface area (Å²) in [5, 5.41) is 7.01. The summed E-state index contributed by atoms with van der Waals surface area (Å²) in [5.74, 6) is 1.28. The second-order valence-corrected chi connectivity index (χ2v) is 6.04. The van der Waals surface area contributed by atoms with Crippen LogP contribution >= 0.6 is 0 Å². The van der Waals surface area contributed by atoms with Crippen LogP contribution in [0.25, 0.3) is 0 Å². The quantitative estimate of drug-likeness (QED) is 0.926. The molecule has 2 amide bonds. The summed E-state index contributed by atoms with van der Waals surface area (Å²) >= 11 is 0. The van der Waals surface area contributed by atoms with E-state index in [2.05, 4.69) is 15.4 Å². The van der Waals surface area contributed by atoms with E-state index in [0.29, 0.717) is 36.7 Å². The topological polar surface area (TPSA) is 63.1 Å². The van der Waals surface area contributed by atoms with Crippen molar-refractivity contribution in [3.63, 3.8) is 0 Å². The number of nitrogens with one attached hydrogen (secondary N) is 1. The van der Waals surface area contributed by atoms with E-state index in [1.807, 2.05) is 25.5 Å². The van der Waals surface area contributed by atoms with E-state index < -0.39 is 0 Å². The van der Waals surface area contributed by atoms with Crippen LogP contribution in [0.1, 0.15) is 37.0 Å². The Balaban J connectivity index is 1.69. The monoisotopic (exact) mass is 317 g/mol. The molecule has 0 bridgehead atoms. The summed E-state index contributed by atoms with van der Waals surface area (Å²) in [6.45, 7) is 7.26. The number of hydrogen-bond donors (Lipinski definition) is 1. The van der Waals surface area contributed by atoms with Crippen LogP contribution < -0.4 is 5.32 Å². The van der Waals surface area contributed by atoms with Crippen molar-refractivity contribution in [2.45, 2.75) is 39.8 Å². The number of carbonyl (C=O) groups is 1. The zero-order chi connectivity index (χ0) is 16.6. The van der Waals surface area contributed by atoms with Gasteiger partial charge in [-0.05, 0) is 30.5 Å². The number of halogens is 1. The number of benzene rings is 1. The first-order chi connectivity index (χ1) is 10.9. The molecule has 3 rings (SSSR count). The fourth-order valence-corrected chi connectivity index (χ4v) is 2.71. The maximum absolute atomic E-state index is 14.0. The molecule has 23 heavy (non-hydrogen) atoms. The van der Waals surface area contributed by atoms with E-state index in [0.717, 1.165) is 5.82 Å². The van der Waals surface area contributed by atoms with Crippen molar-refractivity contribution >= 4 is 11.7 Å². The Kier molecular flexibility index (Phi) is 4.02. The van der Waals surface area contributed by atoms with Crippen LogP contribution in [0.4, 0.5) is 14.9 Å². The maximum Gasteiger partial charge on any atom is 0.322 e. The molecule has 1 N–H and O–H groups in total. The molecule has 0 radical (unpaired) electrons. The van der Waals surface area contributed by atoms with Crippen molar-refractivity contribution in [1.82, 2.24) is 19.7 Å². The zero-order valence-electron chi connectivity index (χ0n) is 13.5. The first-order valence-electron chi connectivity index (χ1n) is 7.69. The number of carbonyl (C=O) groups excluding carboxylic acids is 1. The standard InChI is InChI=1S/C16H20FN5O/c1-10(2)13-5-4-12(8-14(13)17)19-16(23)21-6-7-22-15(9-21)18-11(3)20-22/h4-5,8,10H,6-7,9H2,1-3H3,(H,19,23). The van der Waals surface area contributed by atoms with Gasteiger partial charge in [-0.2, -0.15) is 5.10 Å². The number of fused-ring (bicyclic) bond motifs is 1. The number of aryl methyl sites for hydroxylation is 1. The van der Waals surface area contributed by atoms with Gasteiger partial charge >= 0.3 is 6.03 Å². The first kappa shape index (κ1) is 15.5. The third-order valence-corrected chi connectivity index (χ3v) is 3.93. The minimum Gasteiger partial charge on any atom is -0.315 e. The lowest BCUT2D eigenvalue weighted by molar-refractivity contribution is 0.193. The van der Waals surface area contributed by atoms with Crippen molar-refractivity contribution < 1.29 is 9.18 Å². The van der Waals surface area contributed by atoms with Gasteiger partial charge in [0.25, 0.3) is 0 Å². The van der Waals surface area contributed by atoms with E-state index in [4.69, 9.17) is 0 Å². The van der Waals surface area contributed by atoms with Gasteiger partial charge in [0, 0.05) is 12.2 Å². The Morgan fingerprint density at radius 3 is 2.83 bits per heavy atom. The molecule has 0 saturated heterocycles. The van der Waals surface area contributed by atoms with Crippen LogP contribution in [0.5, 0.6) is 0 Å². The molecule has 0 spiro atoms. The minimum absolute atomic E-state index is 0.108. The Labute approximate surface area is 134 Å². The average Bonchev–Trinajstić information content (AvgIpc) is 2.85. The van der Waals surface area contributed by atoms with Crippen molar-refractivity contribution in [3.05, 3.63) is 41.2 Å². The van der Waals surface area contributed by atoms with Crippen LogP contribution in [0.3, 0.4) is 0 Å².